The highest BCUT2D eigenvalue weighted by Gasteiger charge is 2.12. The summed E-state index contributed by atoms with van der Waals surface area (Å²) in [4.78, 5) is 0. The van der Waals surface area contributed by atoms with E-state index in [1.807, 2.05) is 0 Å². The third-order valence-corrected chi connectivity index (χ3v) is 2.46. The summed E-state index contributed by atoms with van der Waals surface area (Å²) in [7, 11) is 0. The lowest BCUT2D eigenvalue weighted by Crippen LogP contribution is -1.98. The van der Waals surface area contributed by atoms with Gasteiger partial charge in [0.1, 0.15) is 5.75 Å². The molecule has 12 heavy (non-hydrogen) atoms. The molecular formula is C8H8BrClO2. The normalized spacial score (nSPS) is 12.9. The highest BCUT2D eigenvalue weighted by Crippen LogP contribution is 2.31. The van der Waals surface area contributed by atoms with Gasteiger partial charge in [0.05, 0.1) is 16.5 Å². The summed E-state index contributed by atoms with van der Waals surface area (Å²) in [5, 5.41) is 18.8. The van der Waals surface area contributed by atoms with Gasteiger partial charge in [-0.25, -0.2) is 0 Å². The Balaban J connectivity index is 3.07. The van der Waals surface area contributed by atoms with Crippen LogP contribution in [0.15, 0.2) is 22.7 Å². The number of halogens is 2. The van der Waals surface area contributed by atoms with Crippen molar-refractivity contribution in [3.05, 3.63) is 28.2 Å². The van der Waals surface area contributed by atoms with Gasteiger partial charge < -0.3 is 10.2 Å². The highest BCUT2D eigenvalue weighted by molar-refractivity contribution is 9.10. The Labute approximate surface area is 83.9 Å². The van der Waals surface area contributed by atoms with Crippen LogP contribution < -0.4 is 0 Å². The van der Waals surface area contributed by atoms with E-state index in [0.717, 1.165) is 0 Å². The third-order valence-electron chi connectivity index (χ3n) is 1.52. The SMILES string of the molecule is Oc1c(Br)cccc1C(O)CCl. The largest absolute Gasteiger partial charge is 0.506 e. The van der Waals surface area contributed by atoms with Crippen molar-refractivity contribution < 1.29 is 10.2 Å². The zero-order valence-corrected chi connectivity index (χ0v) is 8.51. The molecule has 0 bridgehead atoms. The van der Waals surface area contributed by atoms with Crippen LogP contribution in [0.4, 0.5) is 0 Å². The van der Waals surface area contributed by atoms with E-state index < -0.39 is 6.10 Å². The summed E-state index contributed by atoms with van der Waals surface area (Å²) in [6.45, 7) is 0. The third kappa shape index (κ3) is 1.91. The van der Waals surface area contributed by atoms with Crippen LogP contribution in [0.1, 0.15) is 11.7 Å². The summed E-state index contributed by atoms with van der Waals surface area (Å²) < 4.78 is 0.559. The fourth-order valence-corrected chi connectivity index (χ4v) is 1.43. The van der Waals surface area contributed by atoms with Crippen LogP contribution in [0, 0.1) is 0 Å². The average Bonchev–Trinajstić information content (AvgIpc) is 2.08. The monoisotopic (exact) mass is 250 g/mol. The molecule has 0 radical (unpaired) electrons. The Hall–Kier alpha value is -0.250. The molecule has 0 spiro atoms. The smallest absolute Gasteiger partial charge is 0.135 e. The molecular weight excluding hydrogens is 243 g/mol. The first kappa shape index (κ1) is 9.84. The Kier molecular flexibility index (Phi) is 3.38. The number of alkyl halides is 1. The van der Waals surface area contributed by atoms with Gasteiger partial charge in [-0.05, 0) is 22.0 Å². The summed E-state index contributed by atoms with van der Waals surface area (Å²) in [5.41, 5.74) is 0.444. The van der Waals surface area contributed by atoms with Crippen molar-refractivity contribution in [2.24, 2.45) is 0 Å². The molecule has 1 unspecified atom stereocenters. The zero-order valence-electron chi connectivity index (χ0n) is 6.17. The number of aliphatic hydroxyl groups is 1. The second-order valence-corrected chi connectivity index (χ2v) is 3.51. The summed E-state index contributed by atoms with van der Waals surface area (Å²) in [6, 6.07) is 5.06. The molecule has 0 amide bonds. The molecule has 0 aliphatic rings. The molecule has 0 fully saturated rings. The van der Waals surface area contributed by atoms with Crippen molar-refractivity contribution in [3.8, 4) is 5.75 Å². The van der Waals surface area contributed by atoms with Crippen LogP contribution in [0.5, 0.6) is 5.75 Å². The van der Waals surface area contributed by atoms with Gasteiger partial charge in [-0.3, -0.25) is 0 Å². The molecule has 1 rings (SSSR count). The zero-order chi connectivity index (χ0) is 9.14. The van der Waals surface area contributed by atoms with Crippen LogP contribution in [-0.4, -0.2) is 16.1 Å². The van der Waals surface area contributed by atoms with Crippen molar-refractivity contribution in [2.75, 3.05) is 5.88 Å². The quantitative estimate of drug-likeness (QED) is 0.793. The average molecular weight is 252 g/mol. The molecule has 0 aromatic heterocycles. The van der Waals surface area contributed by atoms with Gasteiger partial charge in [0.15, 0.2) is 0 Å². The summed E-state index contributed by atoms with van der Waals surface area (Å²) >= 11 is 8.57. The number of aromatic hydroxyl groups is 1. The maximum Gasteiger partial charge on any atom is 0.135 e. The number of hydrogen-bond acceptors (Lipinski definition) is 2. The Morgan fingerprint density at radius 1 is 1.50 bits per heavy atom. The molecule has 1 aromatic carbocycles. The molecule has 0 saturated carbocycles. The highest BCUT2D eigenvalue weighted by atomic mass is 79.9. The van der Waals surface area contributed by atoms with Crippen LogP contribution in [0.2, 0.25) is 0 Å². The number of aliphatic hydroxyl groups excluding tert-OH is 1. The van der Waals surface area contributed by atoms with E-state index in [4.69, 9.17) is 11.6 Å². The van der Waals surface area contributed by atoms with Crippen LogP contribution >= 0.6 is 27.5 Å². The lowest BCUT2D eigenvalue weighted by Gasteiger charge is -2.09. The van der Waals surface area contributed by atoms with Crippen molar-refractivity contribution in [1.82, 2.24) is 0 Å². The number of rotatable bonds is 2. The van der Waals surface area contributed by atoms with E-state index >= 15 is 0 Å². The number of benzene rings is 1. The maximum atomic E-state index is 9.43. The lowest BCUT2D eigenvalue weighted by molar-refractivity contribution is 0.198. The van der Waals surface area contributed by atoms with Crippen LogP contribution in [-0.2, 0) is 0 Å². The van der Waals surface area contributed by atoms with Gasteiger partial charge >= 0.3 is 0 Å². The van der Waals surface area contributed by atoms with Gasteiger partial charge in [0.25, 0.3) is 0 Å². The van der Waals surface area contributed by atoms with E-state index in [1.165, 1.54) is 0 Å². The fraction of sp³-hybridized carbons (Fsp3) is 0.250. The van der Waals surface area contributed by atoms with E-state index in [1.54, 1.807) is 18.2 Å². The van der Waals surface area contributed by atoms with Crippen molar-refractivity contribution >= 4 is 27.5 Å². The predicted molar refractivity (Wildman–Crippen MR) is 51.5 cm³/mol. The van der Waals surface area contributed by atoms with Crippen molar-refractivity contribution in [3.63, 3.8) is 0 Å². The minimum absolute atomic E-state index is 0.0469. The molecule has 0 aliphatic heterocycles. The van der Waals surface area contributed by atoms with E-state index in [2.05, 4.69) is 15.9 Å². The van der Waals surface area contributed by atoms with Gasteiger partial charge in [-0.15, -0.1) is 11.6 Å². The molecule has 4 heteroatoms. The topological polar surface area (TPSA) is 40.5 Å². The van der Waals surface area contributed by atoms with E-state index in [9.17, 15) is 10.2 Å². The Morgan fingerprint density at radius 2 is 2.17 bits per heavy atom. The molecule has 2 N–H and O–H groups in total. The molecule has 1 aromatic rings. The molecule has 0 heterocycles. The Bertz CT molecular complexity index is 278. The van der Waals surface area contributed by atoms with Gasteiger partial charge in [-0.2, -0.15) is 0 Å². The minimum Gasteiger partial charge on any atom is -0.506 e. The van der Waals surface area contributed by atoms with Crippen molar-refractivity contribution in [1.29, 1.82) is 0 Å². The van der Waals surface area contributed by atoms with E-state index in [-0.39, 0.29) is 11.6 Å². The van der Waals surface area contributed by atoms with E-state index in [0.29, 0.717) is 10.0 Å². The first-order valence-electron chi connectivity index (χ1n) is 3.38. The van der Waals surface area contributed by atoms with Gasteiger partial charge in [-0.1, -0.05) is 12.1 Å². The second-order valence-electron chi connectivity index (χ2n) is 2.35. The molecule has 0 saturated heterocycles. The maximum absolute atomic E-state index is 9.43. The van der Waals surface area contributed by atoms with Gasteiger partial charge in [0.2, 0.25) is 0 Å². The molecule has 0 aliphatic carbocycles. The number of phenolic OH excluding ortho intramolecular Hbond substituents is 1. The van der Waals surface area contributed by atoms with Crippen LogP contribution in [0.25, 0.3) is 0 Å². The summed E-state index contributed by atoms with van der Waals surface area (Å²) in [5.74, 6) is 0.120. The van der Waals surface area contributed by atoms with Gasteiger partial charge in [0, 0.05) is 5.56 Å². The fourth-order valence-electron chi connectivity index (χ4n) is 0.884. The first-order chi connectivity index (χ1) is 5.66. The second kappa shape index (κ2) is 4.12. The summed E-state index contributed by atoms with van der Waals surface area (Å²) in [6.07, 6.45) is -0.816. The lowest BCUT2D eigenvalue weighted by atomic mass is 10.1. The minimum atomic E-state index is -0.816. The standard InChI is InChI=1S/C8H8BrClO2/c9-6-3-1-2-5(8(6)12)7(11)4-10/h1-3,7,11-12H,4H2. The van der Waals surface area contributed by atoms with Crippen molar-refractivity contribution in [2.45, 2.75) is 6.10 Å². The molecule has 2 nitrogen and oxygen atoms in total. The first-order valence-corrected chi connectivity index (χ1v) is 4.71. The van der Waals surface area contributed by atoms with Crippen LogP contribution in [0.3, 0.4) is 0 Å². The number of hydrogen-bond donors (Lipinski definition) is 2. The number of para-hydroxylation sites is 1. The molecule has 66 valence electrons. The Morgan fingerprint density at radius 3 is 2.75 bits per heavy atom. The molecule has 1 atom stereocenters. The number of phenols is 1. The predicted octanol–water partition coefficient (Wildman–Crippen LogP) is 2.43.